The molecule has 0 radical (unpaired) electrons. The van der Waals surface area contributed by atoms with Gasteiger partial charge in [0.1, 0.15) is 6.26 Å². The number of oxazole rings is 1. The summed E-state index contributed by atoms with van der Waals surface area (Å²) in [6.07, 6.45) is 0.836. The van der Waals surface area contributed by atoms with Crippen molar-refractivity contribution in [2.45, 2.75) is 0 Å². The molecule has 7 heavy (non-hydrogen) atoms. The van der Waals surface area contributed by atoms with Gasteiger partial charge in [0.25, 0.3) is 11.3 Å². The SMILES string of the molecule is Fc1coc(Cl)n1. The highest BCUT2D eigenvalue weighted by Gasteiger charge is 1.94. The molecule has 0 atom stereocenters. The van der Waals surface area contributed by atoms with Gasteiger partial charge in [0.15, 0.2) is 0 Å². The Labute approximate surface area is 43.9 Å². The van der Waals surface area contributed by atoms with Crippen molar-refractivity contribution in [3.05, 3.63) is 17.6 Å². The van der Waals surface area contributed by atoms with E-state index < -0.39 is 5.95 Å². The van der Waals surface area contributed by atoms with Crippen molar-refractivity contribution in [1.29, 1.82) is 0 Å². The van der Waals surface area contributed by atoms with Gasteiger partial charge in [0.2, 0.25) is 0 Å². The lowest BCUT2D eigenvalue weighted by atomic mass is 10.9. The molecule has 0 amide bonds. The molecule has 0 saturated carbocycles. The quantitative estimate of drug-likeness (QED) is 0.520. The normalized spacial score (nSPS) is 9.43. The minimum absolute atomic E-state index is 0.169. The van der Waals surface area contributed by atoms with E-state index in [1.54, 1.807) is 0 Å². The van der Waals surface area contributed by atoms with E-state index in [0.717, 1.165) is 6.26 Å². The fraction of sp³-hybridized carbons (Fsp3) is 0. The van der Waals surface area contributed by atoms with Crippen molar-refractivity contribution in [3.8, 4) is 0 Å². The summed E-state index contributed by atoms with van der Waals surface area (Å²) in [6.45, 7) is 0. The molecule has 0 spiro atoms. The minimum atomic E-state index is -0.690. The first-order valence-corrected chi connectivity index (χ1v) is 1.93. The molecule has 2 nitrogen and oxygen atoms in total. The Bertz CT molecular complexity index is 147. The molecule has 0 saturated heterocycles. The van der Waals surface area contributed by atoms with E-state index in [-0.39, 0.29) is 5.35 Å². The van der Waals surface area contributed by atoms with Gasteiger partial charge in [-0.15, -0.1) is 0 Å². The standard InChI is InChI=1S/C3HClFNO/c4-3-6-2(5)1-7-3/h1H. The highest BCUT2D eigenvalue weighted by Crippen LogP contribution is 2.04. The van der Waals surface area contributed by atoms with Crippen molar-refractivity contribution < 1.29 is 8.81 Å². The van der Waals surface area contributed by atoms with E-state index >= 15 is 0 Å². The third-order valence-electron chi connectivity index (χ3n) is 0.448. The number of aromatic nitrogens is 1. The zero-order valence-corrected chi connectivity index (χ0v) is 3.94. The first kappa shape index (κ1) is 4.59. The van der Waals surface area contributed by atoms with Crippen LogP contribution in [0.2, 0.25) is 5.35 Å². The molecule has 1 rings (SSSR count). The van der Waals surface area contributed by atoms with E-state index in [0.29, 0.717) is 0 Å². The Balaban J connectivity index is 3.04. The molecule has 1 aromatic heterocycles. The number of halogens is 2. The molecule has 0 fully saturated rings. The second-order valence-electron chi connectivity index (χ2n) is 0.923. The first-order chi connectivity index (χ1) is 3.29. The van der Waals surface area contributed by atoms with Gasteiger partial charge in [-0.3, -0.25) is 0 Å². The lowest BCUT2D eigenvalue weighted by Crippen LogP contribution is -1.64. The minimum Gasteiger partial charge on any atom is -0.433 e. The lowest BCUT2D eigenvalue weighted by Gasteiger charge is -1.63. The van der Waals surface area contributed by atoms with Crippen LogP contribution in [0.25, 0.3) is 0 Å². The summed E-state index contributed by atoms with van der Waals surface area (Å²) in [4.78, 5) is 3.04. The van der Waals surface area contributed by atoms with Gasteiger partial charge in [-0.1, -0.05) is 0 Å². The third-order valence-corrected chi connectivity index (χ3v) is 0.622. The molecule has 38 valence electrons. The second kappa shape index (κ2) is 1.50. The van der Waals surface area contributed by atoms with Crippen LogP contribution in [-0.4, -0.2) is 4.98 Å². The lowest BCUT2D eigenvalue weighted by molar-refractivity contribution is 0.533. The average Bonchev–Trinajstić information content (AvgIpc) is 1.87. The molecule has 1 heterocycles. The van der Waals surface area contributed by atoms with Crippen LogP contribution in [0.15, 0.2) is 10.7 Å². The maximum Gasteiger partial charge on any atom is 0.294 e. The maximum absolute atomic E-state index is 11.6. The van der Waals surface area contributed by atoms with Crippen LogP contribution in [-0.2, 0) is 0 Å². The highest BCUT2D eigenvalue weighted by molar-refractivity contribution is 6.27. The van der Waals surface area contributed by atoms with Gasteiger partial charge in [-0.25, -0.2) is 0 Å². The largest absolute Gasteiger partial charge is 0.433 e. The summed E-state index contributed by atoms with van der Waals surface area (Å²) in [5.41, 5.74) is 0. The third kappa shape index (κ3) is 0.899. The highest BCUT2D eigenvalue weighted by atomic mass is 35.5. The van der Waals surface area contributed by atoms with Gasteiger partial charge in [0, 0.05) is 0 Å². The van der Waals surface area contributed by atoms with Crippen LogP contribution in [0.1, 0.15) is 0 Å². The van der Waals surface area contributed by atoms with Gasteiger partial charge >= 0.3 is 0 Å². The fourth-order valence-electron chi connectivity index (χ4n) is 0.234. The van der Waals surface area contributed by atoms with Gasteiger partial charge in [-0.05, 0) is 11.6 Å². The smallest absolute Gasteiger partial charge is 0.294 e. The maximum atomic E-state index is 11.6. The van der Waals surface area contributed by atoms with Crippen LogP contribution < -0.4 is 0 Å². The summed E-state index contributed by atoms with van der Waals surface area (Å²) in [6, 6.07) is 0. The molecule has 0 aliphatic heterocycles. The van der Waals surface area contributed by atoms with Crippen LogP contribution in [0.4, 0.5) is 4.39 Å². The summed E-state index contributed by atoms with van der Waals surface area (Å²) in [5.74, 6) is -0.690. The molecule has 0 aromatic carbocycles. The van der Waals surface area contributed by atoms with E-state index in [1.807, 2.05) is 0 Å². The number of hydrogen-bond donors (Lipinski definition) is 0. The number of rotatable bonds is 0. The van der Waals surface area contributed by atoms with Crippen molar-refractivity contribution in [2.24, 2.45) is 0 Å². The molecule has 0 N–H and O–H groups in total. The van der Waals surface area contributed by atoms with Gasteiger partial charge < -0.3 is 4.42 Å². The van der Waals surface area contributed by atoms with Crippen LogP contribution in [0, 0.1) is 5.95 Å². The van der Waals surface area contributed by atoms with Crippen LogP contribution in [0.5, 0.6) is 0 Å². The Hall–Kier alpha value is -0.570. The Morgan fingerprint density at radius 3 is 2.71 bits per heavy atom. The predicted molar refractivity (Wildman–Crippen MR) is 21.5 cm³/mol. The van der Waals surface area contributed by atoms with E-state index in [2.05, 4.69) is 9.40 Å². The molecule has 0 aliphatic carbocycles. The average molecular weight is 121 g/mol. The van der Waals surface area contributed by atoms with Crippen molar-refractivity contribution in [1.82, 2.24) is 4.98 Å². The Morgan fingerprint density at radius 1 is 1.86 bits per heavy atom. The molecular weight excluding hydrogens is 120 g/mol. The zero-order chi connectivity index (χ0) is 5.28. The Kier molecular flexibility index (Phi) is 0.982. The summed E-state index contributed by atoms with van der Waals surface area (Å²) in [7, 11) is 0. The summed E-state index contributed by atoms with van der Waals surface area (Å²) >= 11 is 5.04. The number of nitrogens with zero attached hydrogens (tertiary/aromatic N) is 1. The predicted octanol–water partition coefficient (Wildman–Crippen LogP) is 1.47. The molecule has 0 aliphatic rings. The summed E-state index contributed by atoms with van der Waals surface area (Å²) < 4.78 is 15.9. The van der Waals surface area contributed by atoms with Crippen molar-refractivity contribution >= 4 is 11.6 Å². The molecule has 1 aromatic rings. The van der Waals surface area contributed by atoms with Gasteiger partial charge in [-0.2, -0.15) is 9.37 Å². The molecule has 4 heteroatoms. The monoisotopic (exact) mass is 121 g/mol. The first-order valence-electron chi connectivity index (χ1n) is 1.55. The van der Waals surface area contributed by atoms with Gasteiger partial charge in [0.05, 0.1) is 0 Å². The molecule has 0 unspecified atom stereocenters. The topological polar surface area (TPSA) is 26.0 Å². The second-order valence-corrected chi connectivity index (χ2v) is 1.25. The van der Waals surface area contributed by atoms with Crippen LogP contribution >= 0.6 is 11.6 Å². The Morgan fingerprint density at radius 2 is 2.57 bits per heavy atom. The van der Waals surface area contributed by atoms with Crippen LogP contribution in [0.3, 0.4) is 0 Å². The summed E-state index contributed by atoms with van der Waals surface area (Å²) in [5, 5.41) is -0.169. The van der Waals surface area contributed by atoms with E-state index in [1.165, 1.54) is 0 Å². The van der Waals surface area contributed by atoms with E-state index in [4.69, 9.17) is 11.6 Å². The fourth-order valence-corrected chi connectivity index (χ4v) is 0.359. The molecular formula is C3HClFNO. The van der Waals surface area contributed by atoms with Crippen molar-refractivity contribution in [2.75, 3.05) is 0 Å². The number of hydrogen-bond acceptors (Lipinski definition) is 2. The molecule has 0 bridgehead atoms. The van der Waals surface area contributed by atoms with Crippen molar-refractivity contribution in [3.63, 3.8) is 0 Å². The van der Waals surface area contributed by atoms with E-state index in [9.17, 15) is 4.39 Å². The zero-order valence-electron chi connectivity index (χ0n) is 3.19.